The molecule has 7 heteroatoms. The second-order valence-corrected chi connectivity index (χ2v) is 5.44. The molecule has 132 valence electrons. The summed E-state index contributed by atoms with van der Waals surface area (Å²) in [7, 11) is 1.50. The lowest BCUT2D eigenvalue weighted by Gasteiger charge is -2.16. The van der Waals surface area contributed by atoms with Crippen LogP contribution in [-0.2, 0) is 14.3 Å². The van der Waals surface area contributed by atoms with Gasteiger partial charge in [-0.3, -0.25) is 9.78 Å². The fourth-order valence-corrected chi connectivity index (χ4v) is 2.49. The summed E-state index contributed by atoms with van der Waals surface area (Å²) in [5, 5.41) is 9.30. The van der Waals surface area contributed by atoms with E-state index in [0.29, 0.717) is 28.5 Å². The number of hydrogen-bond acceptors (Lipinski definition) is 5. The smallest absolute Gasteiger partial charge is 0.333 e. The van der Waals surface area contributed by atoms with Crippen LogP contribution in [0.25, 0.3) is 0 Å². The van der Waals surface area contributed by atoms with Gasteiger partial charge in [0.25, 0.3) is 0 Å². The number of methoxy groups -OCH3 is 1. The summed E-state index contributed by atoms with van der Waals surface area (Å²) in [6, 6.07) is 1.62. The maximum Gasteiger partial charge on any atom is 0.333 e. The normalized spacial score (nSPS) is 12.6. The number of carboxylic acid groups (broad SMARTS) is 1. The van der Waals surface area contributed by atoms with E-state index in [0.717, 1.165) is 0 Å². The molecule has 0 spiro atoms. The van der Waals surface area contributed by atoms with Crippen LogP contribution in [0.2, 0.25) is 5.02 Å². The van der Waals surface area contributed by atoms with Crippen molar-refractivity contribution in [1.29, 1.82) is 0 Å². The molecule has 1 N–H and O–H groups in total. The van der Waals surface area contributed by atoms with Crippen LogP contribution in [0.1, 0.15) is 44.7 Å². The van der Waals surface area contributed by atoms with E-state index in [2.05, 4.69) is 4.98 Å². The molecule has 0 fully saturated rings. The first-order valence-corrected chi connectivity index (χ1v) is 8.10. The molecular weight excluding hydrogens is 334 g/mol. The lowest BCUT2D eigenvalue weighted by molar-refractivity contribution is -0.139. The maximum atomic E-state index is 12.1. The molecule has 0 aliphatic heterocycles. The van der Waals surface area contributed by atoms with Crippen molar-refractivity contribution in [3.63, 3.8) is 0 Å². The van der Waals surface area contributed by atoms with Gasteiger partial charge >= 0.3 is 11.9 Å². The van der Waals surface area contributed by atoms with Gasteiger partial charge in [0.15, 0.2) is 5.75 Å². The zero-order valence-corrected chi connectivity index (χ0v) is 14.8. The number of rotatable bonds is 9. The van der Waals surface area contributed by atoms with Crippen LogP contribution in [0.5, 0.6) is 5.75 Å². The molecule has 0 radical (unpaired) electrons. The monoisotopic (exact) mass is 355 g/mol. The topological polar surface area (TPSA) is 85.7 Å². The van der Waals surface area contributed by atoms with Crippen molar-refractivity contribution in [2.75, 3.05) is 13.7 Å². The zero-order valence-electron chi connectivity index (χ0n) is 14.0. The van der Waals surface area contributed by atoms with E-state index in [-0.39, 0.29) is 25.4 Å². The van der Waals surface area contributed by atoms with Gasteiger partial charge < -0.3 is 14.6 Å². The van der Waals surface area contributed by atoms with Gasteiger partial charge in [0.05, 0.1) is 24.4 Å². The van der Waals surface area contributed by atoms with E-state index in [1.807, 2.05) is 6.92 Å². The fraction of sp³-hybridized carbons (Fsp3) is 0.471. The van der Waals surface area contributed by atoms with Crippen LogP contribution in [0.4, 0.5) is 0 Å². The number of carbonyl (C=O) groups is 2. The van der Waals surface area contributed by atoms with Gasteiger partial charge in [0, 0.05) is 24.1 Å². The number of nitrogens with zero attached hydrogens (tertiary/aromatic N) is 1. The van der Waals surface area contributed by atoms with Gasteiger partial charge in [-0.15, -0.1) is 0 Å². The quantitative estimate of drug-likeness (QED) is 0.538. The van der Waals surface area contributed by atoms with Gasteiger partial charge in [-0.2, -0.15) is 0 Å². The summed E-state index contributed by atoms with van der Waals surface area (Å²) < 4.78 is 10.3. The second kappa shape index (κ2) is 9.93. The number of aromatic nitrogens is 1. The molecule has 0 bridgehead atoms. The first kappa shape index (κ1) is 20.0. The number of pyridine rings is 1. The minimum Gasteiger partial charge on any atom is -0.493 e. The standard InChI is InChI=1S/C17H22ClNO5/c1-4-11(15-16(23-3)13(18)8-9-19-15)10-12(6-7-14(20)21)17(22)24-5-2/h8-11H,4-7H2,1-3H3,(H,20,21). The Balaban J connectivity index is 3.22. The molecule has 6 nitrogen and oxygen atoms in total. The van der Waals surface area contributed by atoms with Crippen molar-refractivity contribution in [2.45, 2.75) is 39.0 Å². The van der Waals surface area contributed by atoms with E-state index in [1.54, 1.807) is 25.3 Å². The molecule has 0 aliphatic carbocycles. The lowest BCUT2D eigenvalue weighted by Crippen LogP contribution is -2.12. The molecule has 1 atom stereocenters. The van der Waals surface area contributed by atoms with E-state index < -0.39 is 11.9 Å². The Morgan fingerprint density at radius 2 is 2.08 bits per heavy atom. The third kappa shape index (κ3) is 5.53. The van der Waals surface area contributed by atoms with Crippen LogP contribution in [0, 0.1) is 0 Å². The van der Waals surface area contributed by atoms with Gasteiger partial charge in [-0.25, -0.2) is 4.79 Å². The Bertz CT molecular complexity index is 615. The van der Waals surface area contributed by atoms with Crippen molar-refractivity contribution in [3.8, 4) is 5.75 Å². The number of esters is 1. The molecule has 1 heterocycles. The number of hydrogen-bond donors (Lipinski definition) is 1. The van der Waals surface area contributed by atoms with E-state index in [4.69, 9.17) is 26.2 Å². The fourth-order valence-electron chi connectivity index (χ4n) is 2.26. The van der Waals surface area contributed by atoms with Crippen molar-refractivity contribution in [1.82, 2.24) is 4.98 Å². The van der Waals surface area contributed by atoms with Crippen LogP contribution in [0.3, 0.4) is 0 Å². The van der Waals surface area contributed by atoms with Crippen molar-refractivity contribution >= 4 is 23.5 Å². The van der Waals surface area contributed by atoms with Crippen molar-refractivity contribution < 1.29 is 24.2 Å². The summed E-state index contributed by atoms with van der Waals surface area (Å²) in [4.78, 5) is 27.2. The van der Waals surface area contributed by atoms with Crippen LogP contribution in [-0.4, -0.2) is 35.7 Å². The molecule has 1 aromatic heterocycles. The van der Waals surface area contributed by atoms with Crippen molar-refractivity contribution in [2.24, 2.45) is 0 Å². The average Bonchev–Trinajstić information content (AvgIpc) is 2.55. The summed E-state index contributed by atoms with van der Waals surface area (Å²) in [5.41, 5.74) is 0.916. The van der Waals surface area contributed by atoms with E-state index in [1.165, 1.54) is 7.11 Å². The molecule has 0 aromatic carbocycles. The van der Waals surface area contributed by atoms with Gasteiger partial charge in [-0.1, -0.05) is 24.6 Å². The number of allylic oxidation sites excluding steroid dienone is 1. The molecule has 1 rings (SSSR count). The molecule has 0 amide bonds. The highest BCUT2D eigenvalue weighted by Gasteiger charge is 2.20. The predicted octanol–water partition coefficient (Wildman–Crippen LogP) is 3.59. The third-order valence-electron chi connectivity index (χ3n) is 3.43. The molecule has 24 heavy (non-hydrogen) atoms. The maximum absolute atomic E-state index is 12.1. The summed E-state index contributed by atoms with van der Waals surface area (Å²) in [6.07, 6.45) is 3.84. The lowest BCUT2D eigenvalue weighted by atomic mass is 9.96. The average molecular weight is 356 g/mol. The number of aliphatic carboxylic acids is 1. The van der Waals surface area contributed by atoms with Gasteiger partial charge in [-0.05, 0) is 25.8 Å². The van der Waals surface area contributed by atoms with Crippen LogP contribution < -0.4 is 4.74 Å². The Morgan fingerprint density at radius 3 is 2.62 bits per heavy atom. The molecule has 0 saturated heterocycles. The first-order valence-electron chi connectivity index (χ1n) is 7.72. The van der Waals surface area contributed by atoms with Crippen molar-refractivity contribution in [3.05, 3.63) is 34.6 Å². The molecule has 0 aliphatic rings. The minimum absolute atomic E-state index is 0.0908. The van der Waals surface area contributed by atoms with Crippen LogP contribution >= 0.6 is 11.6 Å². The van der Waals surface area contributed by atoms with Gasteiger partial charge in [0.1, 0.15) is 0 Å². The predicted molar refractivity (Wildman–Crippen MR) is 90.4 cm³/mol. The third-order valence-corrected chi connectivity index (χ3v) is 3.73. The van der Waals surface area contributed by atoms with Gasteiger partial charge in [0.2, 0.25) is 0 Å². The summed E-state index contributed by atoms with van der Waals surface area (Å²) >= 11 is 6.13. The SMILES string of the molecule is CCOC(=O)C(=CC(CC)c1nccc(Cl)c1OC)CCC(=O)O. The second-order valence-electron chi connectivity index (χ2n) is 5.03. The molecule has 0 saturated carbocycles. The molecular formula is C17H22ClNO5. The Hall–Kier alpha value is -2.08. The van der Waals surface area contributed by atoms with E-state index in [9.17, 15) is 9.59 Å². The first-order chi connectivity index (χ1) is 11.4. The Morgan fingerprint density at radius 1 is 1.38 bits per heavy atom. The summed E-state index contributed by atoms with van der Waals surface area (Å²) in [5.74, 6) is -1.29. The molecule has 1 unspecified atom stereocenters. The largest absolute Gasteiger partial charge is 0.493 e. The molecule has 1 aromatic rings. The highest BCUT2D eigenvalue weighted by atomic mass is 35.5. The zero-order chi connectivity index (χ0) is 18.1. The number of ether oxygens (including phenoxy) is 2. The van der Waals surface area contributed by atoms with Crippen LogP contribution in [0.15, 0.2) is 23.9 Å². The minimum atomic E-state index is -0.975. The number of halogens is 1. The Labute approximate surface area is 146 Å². The highest BCUT2D eigenvalue weighted by molar-refractivity contribution is 6.32. The number of carbonyl (C=O) groups excluding carboxylic acids is 1. The van der Waals surface area contributed by atoms with E-state index >= 15 is 0 Å². The summed E-state index contributed by atoms with van der Waals surface area (Å²) in [6.45, 7) is 3.85. The highest BCUT2D eigenvalue weighted by Crippen LogP contribution is 2.34. The Kier molecular flexibility index (Phi) is 8.26. The number of carboxylic acids is 1.